The summed E-state index contributed by atoms with van der Waals surface area (Å²) in [5.41, 5.74) is 0. The fourth-order valence-corrected chi connectivity index (χ4v) is 0.780. The van der Waals surface area contributed by atoms with Crippen LogP contribution in [0, 0.1) is 0 Å². The average Bonchev–Trinajstić information content (AvgIpc) is 2.21. The molecule has 1 heterocycles. The van der Waals surface area contributed by atoms with Gasteiger partial charge in [0.05, 0.1) is 0 Å². The van der Waals surface area contributed by atoms with E-state index >= 15 is 0 Å². The molecule has 0 unspecified atom stereocenters. The van der Waals surface area contributed by atoms with Crippen LogP contribution < -0.4 is 0 Å². The minimum atomic E-state index is -0.682. The van der Waals surface area contributed by atoms with Crippen LogP contribution in [0.25, 0.3) is 0 Å². The van der Waals surface area contributed by atoms with Crippen molar-refractivity contribution in [3.8, 4) is 0 Å². The summed E-state index contributed by atoms with van der Waals surface area (Å²) in [7, 11) is 0. The highest BCUT2D eigenvalue weighted by Crippen LogP contribution is 1.97. The zero-order chi connectivity index (χ0) is 10.6. The van der Waals surface area contributed by atoms with Gasteiger partial charge in [0.2, 0.25) is 0 Å². The third-order valence-corrected chi connectivity index (χ3v) is 1.47. The number of aromatic nitrogens is 2. The lowest BCUT2D eigenvalue weighted by Crippen LogP contribution is -1.92. The van der Waals surface area contributed by atoms with E-state index in [1.807, 2.05) is 0 Å². The van der Waals surface area contributed by atoms with Crippen LogP contribution >= 0.6 is 0 Å². The van der Waals surface area contributed by atoms with Crippen molar-refractivity contribution >= 4 is 5.97 Å². The topological polar surface area (TPSA) is 63.1 Å². The average molecular weight is 196 g/mol. The van der Waals surface area contributed by atoms with Crippen molar-refractivity contribution in [1.29, 1.82) is 0 Å². The van der Waals surface area contributed by atoms with Gasteiger partial charge in [0.1, 0.15) is 0 Å². The molecule has 0 spiro atoms. The van der Waals surface area contributed by atoms with Gasteiger partial charge in [-0.25, -0.2) is 0 Å². The maximum absolute atomic E-state index is 9.87. The highest BCUT2D eigenvalue weighted by atomic mass is 16.4. The molecule has 78 valence electrons. The molecule has 1 rings (SSSR count). The molecular formula is C10H16N2O2. The summed E-state index contributed by atoms with van der Waals surface area (Å²) in [6.07, 6.45) is 9.83. The lowest BCUT2D eigenvalue weighted by atomic mass is 10.2. The number of carboxylic acids is 1. The van der Waals surface area contributed by atoms with Gasteiger partial charge < -0.3 is 5.11 Å². The number of carbonyl (C=O) groups is 1. The Kier molecular flexibility index (Phi) is 8.64. The van der Waals surface area contributed by atoms with Crippen LogP contribution in [0.3, 0.4) is 0 Å². The predicted octanol–water partition coefficient (Wildman–Crippen LogP) is 2.13. The maximum atomic E-state index is 9.87. The lowest BCUT2D eigenvalue weighted by Gasteiger charge is -1.89. The first-order valence-corrected chi connectivity index (χ1v) is 4.69. The highest BCUT2D eigenvalue weighted by molar-refractivity contribution is 5.66. The summed E-state index contributed by atoms with van der Waals surface area (Å²) in [5.74, 6) is -0.682. The second-order valence-corrected chi connectivity index (χ2v) is 2.75. The number of nitrogens with zero attached hydrogens (tertiary/aromatic N) is 2. The maximum Gasteiger partial charge on any atom is 0.303 e. The minimum Gasteiger partial charge on any atom is -0.481 e. The van der Waals surface area contributed by atoms with E-state index in [1.165, 1.54) is 0 Å². The zero-order valence-electron chi connectivity index (χ0n) is 8.39. The number of hydrogen-bond acceptors (Lipinski definition) is 3. The van der Waals surface area contributed by atoms with E-state index in [2.05, 4.69) is 16.9 Å². The van der Waals surface area contributed by atoms with Gasteiger partial charge in [-0.05, 0) is 6.42 Å². The number of carboxylic acid groups (broad SMARTS) is 1. The number of hydrogen-bond donors (Lipinski definition) is 1. The van der Waals surface area contributed by atoms with E-state index < -0.39 is 5.97 Å². The molecule has 1 N–H and O–H groups in total. The predicted molar refractivity (Wildman–Crippen MR) is 53.8 cm³/mol. The summed E-state index contributed by atoms with van der Waals surface area (Å²) in [6, 6.07) is 0. The fourth-order valence-electron chi connectivity index (χ4n) is 0.780. The molecule has 0 bridgehead atoms. The Morgan fingerprint density at radius 3 is 1.93 bits per heavy atom. The molecule has 0 aromatic carbocycles. The first-order valence-electron chi connectivity index (χ1n) is 4.69. The molecule has 0 fully saturated rings. The normalized spacial score (nSPS) is 8.64. The second kappa shape index (κ2) is 9.64. The Bertz CT molecular complexity index is 200. The van der Waals surface area contributed by atoms with Crippen molar-refractivity contribution in [2.45, 2.75) is 32.6 Å². The van der Waals surface area contributed by atoms with Gasteiger partial charge >= 0.3 is 5.97 Å². The molecule has 0 aliphatic heterocycles. The van der Waals surface area contributed by atoms with E-state index in [1.54, 1.807) is 24.8 Å². The third kappa shape index (κ3) is 10.6. The standard InChI is InChI=1S/C6H12O2.C4H4N2/c1-2-3-4-5-6(7)8;1-2-6-4-3-5-1/h2-5H2,1H3,(H,7,8);1-4H. The Morgan fingerprint density at radius 2 is 1.64 bits per heavy atom. The molecule has 0 aliphatic carbocycles. The first-order chi connectivity index (χ1) is 6.77. The third-order valence-electron chi connectivity index (χ3n) is 1.47. The van der Waals surface area contributed by atoms with Crippen LogP contribution in [0.4, 0.5) is 0 Å². The summed E-state index contributed by atoms with van der Waals surface area (Å²) in [5, 5.41) is 8.14. The van der Waals surface area contributed by atoms with Gasteiger partial charge in [-0.15, -0.1) is 0 Å². The molecule has 1 aromatic rings. The molecule has 0 atom stereocenters. The number of unbranched alkanes of at least 4 members (excludes halogenated alkanes) is 2. The number of aliphatic carboxylic acids is 1. The van der Waals surface area contributed by atoms with Crippen LogP contribution in [-0.2, 0) is 4.79 Å². The molecule has 14 heavy (non-hydrogen) atoms. The van der Waals surface area contributed by atoms with Crippen LogP contribution in [0.5, 0.6) is 0 Å². The highest BCUT2D eigenvalue weighted by Gasteiger charge is 1.92. The SMILES string of the molecule is CCCCCC(=O)O.c1cnccn1. The van der Waals surface area contributed by atoms with Gasteiger partial charge in [0.25, 0.3) is 0 Å². The van der Waals surface area contributed by atoms with Crippen molar-refractivity contribution in [3.05, 3.63) is 24.8 Å². The molecule has 1 aromatic heterocycles. The van der Waals surface area contributed by atoms with E-state index in [0.717, 1.165) is 19.3 Å². The quantitative estimate of drug-likeness (QED) is 0.749. The Labute approximate surface area is 84.0 Å². The van der Waals surface area contributed by atoms with Gasteiger partial charge in [-0.2, -0.15) is 0 Å². The van der Waals surface area contributed by atoms with Crippen molar-refractivity contribution in [3.63, 3.8) is 0 Å². The van der Waals surface area contributed by atoms with Crippen molar-refractivity contribution < 1.29 is 9.90 Å². The molecule has 4 nitrogen and oxygen atoms in total. The van der Waals surface area contributed by atoms with Crippen LogP contribution in [0.15, 0.2) is 24.8 Å². The molecule has 4 heteroatoms. The van der Waals surface area contributed by atoms with Gasteiger partial charge in [0.15, 0.2) is 0 Å². The molecule has 0 saturated carbocycles. The Morgan fingerprint density at radius 1 is 1.14 bits per heavy atom. The van der Waals surface area contributed by atoms with Crippen LogP contribution in [-0.4, -0.2) is 21.0 Å². The Balaban J connectivity index is 0.000000249. The molecule has 0 amide bonds. The molecule has 0 radical (unpaired) electrons. The summed E-state index contributed by atoms with van der Waals surface area (Å²) in [4.78, 5) is 17.3. The lowest BCUT2D eigenvalue weighted by molar-refractivity contribution is -0.137. The van der Waals surface area contributed by atoms with E-state index in [4.69, 9.17) is 5.11 Å². The zero-order valence-corrected chi connectivity index (χ0v) is 8.39. The van der Waals surface area contributed by atoms with Crippen molar-refractivity contribution in [1.82, 2.24) is 9.97 Å². The van der Waals surface area contributed by atoms with Crippen LogP contribution in [0.1, 0.15) is 32.6 Å². The largest absolute Gasteiger partial charge is 0.481 e. The van der Waals surface area contributed by atoms with Crippen molar-refractivity contribution in [2.75, 3.05) is 0 Å². The second-order valence-electron chi connectivity index (χ2n) is 2.75. The van der Waals surface area contributed by atoms with Crippen LogP contribution in [0.2, 0.25) is 0 Å². The summed E-state index contributed by atoms with van der Waals surface area (Å²) in [6.45, 7) is 2.06. The minimum absolute atomic E-state index is 0.327. The van der Waals surface area contributed by atoms with Gasteiger partial charge in [-0.1, -0.05) is 19.8 Å². The monoisotopic (exact) mass is 196 g/mol. The van der Waals surface area contributed by atoms with Gasteiger partial charge in [0, 0.05) is 31.2 Å². The van der Waals surface area contributed by atoms with E-state index in [9.17, 15) is 4.79 Å². The Hall–Kier alpha value is -1.45. The first kappa shape index (κ1) is 12.6. The van der Waals surface area contributed by atoms with Gasteiger partial charge in [-0.3, -0.25) is 14.8 Å². The summed E-state index contributed by atoms with van der Waals surface area (Å²) < 4.78 is 0. The van der Waals surface area contributed by atoms with Crippen molar-refractivity contribution in [2.24, 2.45) is 0 Å². The molecule has 0 aliphatic rings. The van der Waals surface area contributed by atoms with E-state index in [0.29, 0.717) is 6.42 Å². The van der Waals surface area contributed by atoms with E-state index in [-0.39, 0.29) is 0 Å². The molecular weight excluding hydrogens is 180 g/mol. The fraction of sp³-hybridized carbons (Fsp3) is 0.500. The summed E-state index contributed by atoms with van der Waals surface area (Å²) >= 11 is 0. The smallest absolute Gasteiger partial charge is 0.303 e. The number of rotatable bonds is 4. The molecule has 0 saturated heterocycles.